The summed E-state index contributed by atoms with van der Waals surface area (Å²) in [5, 5.41) is 15.0. The van der Waals surface area contributed by atoms with Gasteiger partial charge < -0.3 is 10.1 Å². The smallest absolute Gasteiger partial charge is 0.242 e. The number of aromatic nitrogens is 4. The van der Waals surface area contributed by atoms with Gasteiger partial charge in [0.25, 0.3) is 0 Å². The van der Waals surface area contributed by atoms with E-state index in [0.717, 1.165) is 22.4 Å². The standard InChI is InChI=1S/C22H22N6O2S/c1-30-22-20(8-16(9-24-22)17-10-26-27-11-17)28-21(29)19(7-15-5-3-2-4-6-15)23-12-18-13-31-14-25-18/h2-6,8-11,13-14,19,23H,7,12H2,1H3,(H,26,27)(H,28,29)/t19-/m0/s1. The van der Waals surface area contributed by atoms with E-state index in [9.17, 15) is 4.79 Å². The number of amides is 1. The highest BCUT2D eigenvalue weighted by atomic mass is 32.1. The number of anilines is 1. The highest BCUT2D eigenvalue weighted by Gasteiger charge is 2.21. The molecule has 0 aliphatic rings. The average molecular weight is 435 g/mol. The second kappa shape index (κ2) is 9.96. The van der Waals surface area contributed by atoms with Crippen LogP contribution >= 0.6 is 11.3 Å². The summed E-state index contributed by atoms with van der Waals surface area (Å²) in [5.41, 5.74) is 5.93. The molecular weight excluding hydrogens is 412 g/mol. The SMILES string of the molecule is COc1ncc(-c2cn[nH]c2)cc1NC(=O)[C@H](Cc1ccccc1)NCc1cscn1. The van der Waals surface area contributed by atoms with Gasteiger partial charge in [-0.15, -0.1) is 11.3 Å². The summed E-state index contributed by atoms with van der Waals surface area (Å²) < 4.78 is 5.36. The van der Waals surface area contributed by atoms with E-state index in [2.05, 4.69) is 30.8 Å². The second-order valence-corrected chi connectivity index (χ2v) is 7.58. The molecule has 8 nitrogen and oxygen atoms in total. The van der Waals surface area contributed by atoms with Crippen LogP contribution in [0.2, 0.25) is 0 Å². The van der Waals surface area contributed by atoms with Crippen molar-refractivity contribution in [1.82, 2.24) is 25.5 Å². The lowest BCUT2D eigenvalue weighted by molar-refractivity contribution is -0.118. The molecule has 0 saturated carbocycles. The molecule has 4 rings (SSSR count). The number of nitrogens with zero attached hydrogens (tertiary/aromatic N) is 3. The Morgan fingerprint density at radius 1 is 1.19 bits per heavy atom. The Labute approximate surface area is 183 Å². The number of rotatable bonds is 9. The van der Waals surface area contributed by atoms with Gasteiger partial charge >= 0.3 is 0 Å². The van der Waals surface area contributed by atoms with Crippen LogP contribution in [0.3, 0.4) is 0 Å². The van der Waals surface area contributed by atoms with Gasteiger partial charge in [-0.1, -0.05) is 30.3 Å². The molecule has 158 valence electrons. The van der Waals surface area contributed by atoms with Gasteiger partial charge in [0.15, 0.2) is 0 Å². The molecule has 3 aromatic heterocycles. The molecule has 0 fully saturated rings. The zero-order valence-electron chi connectivity index (χ0n) is 16.9. The monoisotopic (exact) mass is 434 g/mol. The minimum atomic E-state index is -0.466. The summed E-state index contributed by atoms with van der Waals surface area (Å²) in [6, 6.07) is 11.3. The van der Waals surface area contributed by atoms with Crippen LogP contribution in [-0.2, 0) is 17.8 Å². The maximum Gasteiger partial charge on any atom is 0.242 e. The Morgan fingerprint density at radius 2 is 2.06 bits per heavy atom. The van der Waals surface area contributed by atoms with Gasteiger partial charge in [-0.2, -0.15) is 5.10 Å². The van der Waals surface area contributed by atoms with Crippen LogP contribution < -0.4 is 15.4 Å². The van der Waals surface area contributed by atoms with Crippen LogP contribution in [0.1, 0.15) is 11.3 Å². The van der Waals surface area contributed by atoms with Gasteiger partial charge in [-0.05, 0) is 18.1 Å². The zero-order valence-corrected chi connectivity index (χ0v) is 17.7. The maximum absolute atomic E-state index is 13.2. The Hall–Kier alpha value is -3.56. The fourth-order valence-electron chi connectivity index (χ4n) is 3.15. The minimum absolute atomic E-state index is 0.177. The molecule has 1 aromatic carbocycles. The highest BCUT2D eigenvalue weighted by molar-refractivity contribution is 7.07. The molecule has 3 N–H and O–H groups in total. The molecule has 0 spiro atoms. The summed E-state index contributed by atoms with van der Waals surface area (Å²) >= 11 is 1.53. The van der Waals surface area contributed by atoms with Gasteiger partial charge in [0.2, 0.25) is 11.8 Å². The number of carbonyl (C=O) groups excluding carboxylic acids is 1. The molecular formula is C22H22N6O2S. The van der Waals surface area contributed by atoms with Gasteiger partial charge in [-0.3, -0.25) is 15.2 Å². The number of ether oxygens (including phenoxy) is 1. The molecule has 1 atom stereocenters. The average Bonchev–Trinajstić information content (AvgIpc) is 3.51. The van der Waals surface area contributed by atoms with Crippen LogP contribution in [0, 0.1) is 0 Å². The third kappa shape index (κ3) is 5.33. The molecule has 31 heavy (non-hydrogen) atoms. The first-order valence-electron chi connectivity index (χ1n) is 9.71. The van der Waals surface area contributed by atoms with Gasteiger partial charge in [-0.25, -0.2) is 9.97 Å². The van der Waals surface area contributed by atoms with Gasteiger partial charge in [0.05, 0.1) is 30.6 Å². The Bertz CT molecular complexity index is 1100. The third-order valence-corrected chi connectivity index (χ3v) is 5.38. The number of H-pyrrole nitrogens is 1. The second-order valence-electron chi connectivity index (χ2n) is 6.86. The van der Waals surface area contributed by atoms with E-state index in [4.69, 9.17) is 4.74 Å². The predicted molar refractivity (Wildman–Crippen MR) is 120 cm³/mol. The molecule has 0 radical (unpaired) electrons. The van der Waals surface area contributed by atoms with Crippen molar-refractivity contribution in [2.75, 3.05) is 12.4 Å². The Balaban J connectivity index is 1.55. The first kappa shape index (κ1) is 20.7. The normalized spacial score (nSPS) is 11.8. The van der Waals surface area contributed by atoms with Crippen molar-refractivity contribution in [3.63, 3.8) is 0 Å². The molecule has 0 unspecified atom stereocenters. The van der Waals surface area contributed by atoms with E-state index in [1.54, 1.807) is 24.1 Å². The largest absolute Gasteiger partial charge is 0.480 e. The number of methoxy groups -OCH3 is 1. The van der Waals surface area contributed by atoms with Crippen LogP contribution in [0.5, 0.6) is 5.88 Å². The molecule has 0 bridgehead atoms. The summed E-state index contributed by atoms with van der Waals surface area (Å²) in [5.74, 6) is 0.169. The Kier molecular flexibility index (Phi) is 6.65. The highest BCUT2D eigenvalue weighted by Crippen LogP contribution is 2.28. The predicted octanol–water partition coefficient (Wildman–Crippen LogP) is 3.28. The van der Waals surface area contributed by atoms with Crippen molar-refractivity contribution in [2.45, 2.75) is 19.0 Å². The van der Waals surface area contributed by atoms with E-state index in [-0.39, 0.29) is 5.91 Å². The van der Waals surface area contributed by atoms with Crippen LogP contribution in [0.15, 0.2) is 65.9 Å². The number of benzene rings is 1. The fourth-order valence-corrected chi connectivity index (χ4v) is 3.71. The van der Waals surface area contributed by atoms with Crippen molar-refractivity contribution in [3.05, 3.63) is 77.1 Å². The lowest BCUT2D eigenvalue weighted by Gasteiger charge is -2.19. The fraction of sp³-hybridized carbons (Fsp3) is 0.182. The van der Waals surface area contributed by atoms with E-state index < -0.39 is 6.04 Å². The number of pyridine rings is 1. The van der Waals surface area contributed by atoms with Crippen molar-refractivity contribution in [3.8, 4) is 17.0 Å². The first-order valence-corrected chi connectivity index (χ1v) is 10.7. The number of thiazole rings is 1. The zero-order chi connectivity index (χ0) is 21.5. The molecule has 0 saturated heterocycles. The third-order valence-electron chi connectivity index (χ3n) is 4.75. The summed E-state index contributed by atoms with van der Waals surface area (Å²) in [6.45, 7) is 0.499. The minimum Gasteiger partial charge on any atom is -0.480 e. The number of carbonyl (C=O) groups is 1. The number of nitrogens with one attached hydrogen (secondary N) is 3. The van der Waals surface area contributed by atoms with Crippen LogP contribution in [0.25, 0.3) is 11.1 Å². The van der Waals surface area contributed by atoms with Crippen molar-refractivity contribution in [2.24, 2.45) is 0 Å². The van der Waals surface area contributed by atoms with E-state index in [0.29, 0.717) is 24.5 Å². The molecule has 1 amide bonds. The molecule has 3 heterocycles. The number of hydrogen-bond acceptors (Lipinski definition) is 7. The summed E-state index contributed by atoms with van der Waals surface area (Å²) in [4.78, 5) is 21.9. The van der Waals surface area contributed by atoms with Gasteiger partial charge in [0.1, 0.15) is 5.69 Å². The Morgan fingerprint density at radius 3 is 2.77 bits per heavy atom. The lowest BCUT2D eigenvalue weighted by atomic mass is 10.0. The molecule has 4 aromatic rings. The van der Waals surface area contributed by atoms with Crippen molar-refractivity contribution in [1.29, 1.82) is 0 Å². The maximum atomic E-state index is 13.2. The van der Waals surface area contributed by atoms with Crippen molar-refractivity contribution < 1.29 is 9.53 Å². The quantitative estimate of drug-likeness (QED) is 0.373. The van der Waals surface area contributed by atoms with Crippen LogP contribution in [0.4, 0.5) is 5.69 Å². The summed E-state index contributed by atoms with van der Waals surface area (Å²) in [7, 11) is 1.53. The van der Waals surface area contributed by atoms with Gasteiger partial charge in [0, 0.05) is 35.4 Å². The van der Waals surface area contributed by atoms with E-state index in [1.807, 2.05) is 41.8 Å². The number of aromatic amines is 1. The molecule has 0 aliphatic heterocycles. The first-order chi connectivity index (χ1) is 15.2. The molecule has 9 heteroatoms. The van der Waals surface area contributed by atoms with Crippen LogP contribution in [-0.4, -0.2) is 39.2 Å². The number of hydrogen-bond donors (Lipinski definition) is 3. The molecule has 0 aliphatic carbocycles. The van der Waals surface area contributed by atoms with E-state index in [1.165, 1.54) is 18.4 Å². The summed E-state index contributed by atoms with van der Waals surface area (Å²) in [6.07, 6.45) is 5.68. The topological polar surface area (TPSA) is 105 Å². The van der Waals surface area contributed by atoms with Crippen molar-refractivity contribution >= 4 is 22.9 Å². The lowest BCUT2D eigenvalue weighted by Crippen LogP contribution is -2.42. The van der Waals surface area contributed by atoms with E-state index >= 15 is 0 Å².